The zero-order chi connectivity index (χ0) is 11.3. The van der Waals surface area contributed by atoms with Crippen molar-refractivity contribution in [2.75, 3.05) is 6.54 Å². The lowest BCUT2D eigenvalue weighted by molar-refractivity contribution is -0.122. The second kappa shape index (κ2) is 5.40. The summed E-state index contributed by atoms with van der Waals surface area (Å²) in [6, 6.07) is 0. The van der Waals surface area contributed by atoms with Crippen molar-refractivity contribution in [1.29, 1.82) is 0 Å². The second-order valence-corrected chi connectivity index (χ2v) is 3.55. The Hall–Kier alpha value is -1.50. The van der Waals surface area contributed by atoms with Crippen molar-refractivity contribution in [3.63, 3.8) is 0 Å². The number of rotatable bonds is 5. The lowest BCUT2D eigenvalue weighted by Crippen LogP contribution is -2.37. The van der Waals surface area contributed by atoms with E-state index in [-0.39, 0.29) is 10.9 Å². The molecule has 1 heterocycles. The van der Waals surface area contributed by atoms with E-state index >= 15 is 0 Å². The van der Waals surface area contributed by atoms with Crippen molar-refractivity contribution in [3.8, 4) is 0 Å². The van der Waals surface area contributed by atoms with Crippen LogP contribution in [0.2, 0.25) is 0 Å². The molecule has 0 spiro atoms. The van der Waals surface area contributed by atoms with E-state index in [1.807, 2.05) is 0 Å². The molecule has 82 valence electrons. The molecule has 1 aromatic rings. The van der Waals surface area contributed by atoms with Crippen LogP contribution in [0.3, 0.4) is 0 Å². The lowest BCUT2D eigenvalue weighted by Gasteiger charge is -2.10. The van der Waals surface area contributed by atoms with Crippen molar-refractivity contribution in [3.05, 3.63) is 12.4 Å². The summed E-state index contributed by atoms with van der Waals surface area (Å²) >= 11 is 4.71. The predicted molar refractivity (Wildman–Crippen MR) is 59.0 cm³/mol. The molecule has 6 nitrogen and oxygen atoms in total. The van der Waals surface area contributed by atoms with Crippen LogP contribution in [0.1, 0.15) is 6.92 Å². The second-order valence-electron chi connectivity index (χ2n) is 3.08. The van der Waals surface area contributed by atoms with Crippen LogP contribution in [0.15, 0.2) is 12.4 Å². The van der Waals surface area contributed by atoms with Crippen LogP contribution in [-0.2, 0) is 11.3 Å². The van der Waals surface area contributed by atoms with Crippen molar-refractivity contribution in [2.45, 2.75) is 13.5 Å². The Morgan fingerprint density at radius 3 is 3.00 bits per heavy atom. The first kappa shape index (κ1) is 11.6. The molecule has 7 heteroatoms. The number of carbonyl (C=O) groups is 1. The van der Waals surface area contributed by atoms with Gasteiger partial charge < -0.3 is 11.1 Å². The molecule has 3 N–H and O–H groups in total. The third-order valence-electron chi connectivity index (χ3n) is 1.93. The van der Waals surface area contributed by atoms with Gasteiger partial charge in [0.25, 0.3) is 0 Å². The van der Waals surface area contributed by atoms with Crippen LogP contribution in [0.5, 0.6) is 0 Å². The molecule has 0 bridgehead atoms. The zero-order valence-corrected chi connectivity index (χ0v) is 9.20. The summed E-state index contributed by atoms with van der Waals surface area (Å²) in [5.41, 5.74) is 5.35. The Kier molecular flexibility index (Phi) is 4.17. The molecule has 0 radical (unpaired) electrons. The minimum atomic E-state index is -0.434. The van der Waals surface area contributed by atoms with Crippen molar-refractivity contribution in [1.82, 2.24) is 20.3 Å². The van der Waals surface area contributed by atoms with E-state index in [2.05, 4.69) is 15.6 Å². The molecule has 0 saturated heterocycles. The number of nitrogens with two attached hydrogens (primary N) is 1. The van der Waals surface area contributed by atoms with Gasteiger partial charge in [-0.05, 0) is 6.92 Å². The molecule has 0 aliphatic carbocycles. The average molecular weight is 227 g/mol. The summed E-state index contributed by atoms with van der Waals surface area (Å²) in [6.07, 6.45) is 3.31. The van der Waals surface area contributed by atoms with Crippen molar-refractivity contribution < 1.29 is 4.79 Å². The number of carbonyl (C=O) groups excluding carboxylic acids is 1. The molecule has 0 aliphatic rings. The highest BCUT2D eigenvalue weighted by Crippen LogP contribution is 1.94. The summed E-state index contributed by atoms with van der Waals surface area (Å²) in [4.78, 5) is 11.6. The van der Waals surface area contributed by atoms with E-state index in [1.54, 1.807) is 24.0 Å². The minimum Gasteiger partial charge on any atom is -0.393 e. The molecule has 0 aromatic carbocycles. The van der Waals surface area contributed by atoms with Crippen molar-refractivity contribution >= 4 is 23.1 Å². The van der Waals surface area contributed by atoms with Gasteiger partial charge in [-0.2, -0.15) is 0 Å². The molecular formula is C8H13N5OS. The topological polar surface area (TPSA) is 85.8 Å². The van der Waals surface area contributed by atoms with Crippen LogP contribution in [0.4, 0.5) is 0 Å². The Morgan fingerprint density at radius 2 is 2.47 bits per heavy atom. The molecule has 0 fully saturated rings. The van der Waals surface area contributed by atoms with Crippen LogP contribution in [-0.4, -0.2) is 32.4 Å². The third kappa shape index (κ3) is 3.62. The summed E-state index contributed by atoms with van der Waals surface area (Å²) in [5.74, 6) is -0.599. The van der Waals surface area contributed by atoms with E-state index in [0.29, 0.717) is 13.1 Å². The number of nitrogens with one attached hydrogen (secondary N) is 1. The fraction of sp³-hybridized carbons (Fsp3) is 0.500. The average Bonchev–Trinajstić information content (AvgIpc) is 2.69. The van der Waals surface area contributed by atoms with Gasteiger partial charge in [0.15, 0.2) is 0 Å². The van der Waals surface area contributed by atoms with Gasteiger partial charge in [0.2, 0.25) is 5.91 Å². The summed E-state index contributed by atoms with van der Waals surface area (Å²) in [5, 5.41) is 10.1. The van der Waals surface area contributed by atoms with E-state index in [9.17, 15) is 4.79 Å². The molecular weight excluding hydrogens is 214 g/mol. The van der Waals surface area contributed by atoms with Crippen LogP contribution in [0, 0.1) is 5.92 Å². The fourth-order valence-electron chi connectivity index (χ4n) is 0.928. The van der Waals surface area contributed by atoms with Crippen molar-refractivity contribution in [2.24, 2.45) is 11.7 Å². The summed E-state index contributed by atoms with van der Waals surface area (Å²) in [7, 11) is 0. The highest BCUT2D eigenvalue weighted by atomic mass is 32.1. The maximum absolute atomic E-state index is 11.4. The van der Waals surface area contributed by atoms with E-state index < -0.39 is 5.92 Å². The first-order valence-electron chi connectivity index (χ1n) is 4.52. The first-order chi connectivity index (χ1) is 7.11. The number of amides is 1. The number of thiocarbonyl (C=S) groups is 1. The Labute approximate surface area is 92.8 Å². The first-order valence-corrected chi connectivity index (χ1v) is 4.93. The maximum Gasteiger partial charge on any atom is 0.229 e. The van der Waals surface area contributed by atoms with Gasteiger partial charge in [-0.1, -0.05) is 17.4 Å². The molecule has 1 aromatic heterocycles. The summed E-state index contributed by atoms with van der Waals surface area (Å²) < 4.78 is 1.63. The van der Waals surface area contributed by atoms with Gasteiger partial charge >= 0.3 is 0 Å². The van der Waals surface area contributed by atoms with Gasteiger partial charge in [0.05, 0.1) is 23.6 Å². The Morgan fingerprint density at radius 1 is 1.73 bits per heavy atom. The molecule has 1 rings (SSSR count). The quantitative estimate of drug-likeness (QED) is 0.651. The minimum absolute atomic E-state index is 0.164. The molecule has 0 saturated carbocycles. The molecule has 1 atom stereocenters. The molecule has 15 heavy (non-hydrogen) atoms. The van der Waals surface area contributed by atoms with Gasteiger partial charge in [-0.25, -0.2) is 0 Å². The largest absolute Gasteiger partial charge is 0.393 e. The normalized spacial score (nSPS) is 12.1. The van der Waals surface area contributed by atoms with Gasteiger partial charge in [0.1, 0.15) is 0 Å². The van der Waals surface area contributed by atoms with Crippen LogP contribution >= 0.6 is 12.2 Å². The highest BCUT2D eigenvalue weighted by molar-refractivity contribution is 7.80. The number of nitrogens with zero attached hydrogens (tertiary/aromatic N) is 3. The van der Waals surface area contributed by atoms with Gasteiger partial charge in [0, 0.05) is 12.7 Å². The number of hydrogen-bond acceptors (Lipinski definition) is 4. The van der Waals surface area contributed by atoms with Gasteiger partial charge in [-0.15, -0.1) is 5.10 Å². The molecule has 1 amide bonds. The SMILES string of the molecule is CC(C(=O)NCCn1ccnn1)C(N)=S. The number of aromatic nitrogens is 3. The molecule has 1 unspecified atom stereocenters. The fourth-order valence-corrected chi connectivity index (χ4v) is 1.03. The van der Waals surface area contributed by atoms with E-state index in [4.69, 9.17) is 18.0 Å². The Bertz CT molecular complexity index is 337. The van der Waals surface area contributed by atoms with Gasteiger partial charge in [-0.3, -0.25) is 9.48 Å². The zero-order valence-electron chi connectivity index (χ0n) is 8.38. The lowest BCUT2D eigenvalue weighted by atomic mass is 10.2. The van der Waals surface area contributed by atoms with Crippen LogP contribution < -0.4 is 11.1 Å². The van der Waals surface area contributed by atoms with E-state index in [1.165, 1.54) is 0 Å². The smallest absolute Gasteiger partial charge is 0.229 e. The third-order valence-corrected chi connectivity index (χ3v) is 2.29. The monoisotopic (exact) mass is 227 g/mol. The van der Waals surface area contributed by atoms with E-state index in [0.717, 1.165) is 0 Å². The Balaban J connectivity index is 2.26. The molecule has 0 aliphatic heterocycles. The number of hydrogen-bond donors (Lipinski definition) is 2. The predicted octanol–water partition coefficient (Wildman–Crippen LogP) is -0.683. The maximum atomic E-state index is 11.4. The highest BCUT2D eigenvalue weighted by Gasteiger charge is 2.14. The summed E-state index contributed by atoms with van der Waals surface area (Å²) in [6.45, 7) is 2.73. The standard InChI is InChI=1S/C8H13N5OS/c1-6(7(9)15)8(14)10-2-4-13-5-3-11-12-13/h3,5-6H,2,4H2,1H3,(H2,9,15)(H,10,14). The van der Waals surface area contributed by atoms with Crippen LogP contribution in [0.25, 0.3) is 0 Å².